The third-order valence-electron chi connectivity index (χ3n) is 3.77. The molecule has 0 bridgehead atoms. The SMILES string of the molecule is O=C(NCC(O)c1ccccc1F)C(F)(F)C1(O)CCC1. The smallest absolute Gasteiger partial charge is 0.352 e. The van der Waals surface area contributed by atoms with Gasteiger partial charge in [-0.25, -0.2) is 4.39 Å². The Labute approximate surface area is 119 Å². The number of nitrogens with one attached hydrogen (secondary N) is 1. The number of hydrogen-bond donors (Lipinski definition) is 3. The third-order valence-corrected chi connectivity index (χ3v) is 3.77. The lowest BCUT2D eigenvalue weighted by molar-refractivity contribution is -0.216. The van der Waals surface area contributed by atoms with Crippen molar-refractivity contribution in [2.75, 3.05) is 6.54 Å². The second-order valence-electron chi connectivity index (χ2n) is 5.21. The van der Waals surface area contributed by atoms with Crippen molar-refractivity contribution in [1.29, 1.82) is 0 Å². The van der Waals surface area contributed by atoms with Crippen LogP contribution in [0, 0.1) is 5.82 Å². The predicted molar refractivity (Wildman–Crippen MR) is 68.1 cm³/mol. The van der Waals surface area contributed by atoms with Crippen LogP contribution < -0.4 is 5.32 Å². The molecular weight excluding hydrogens is 287 g/mol. The van der Waals surface area contributed by atoms with Crippen LogP contribution in [-0.2, 0) is 4.79 Å². The number of aliphatic hydroxyl groups excluding tert-OH is 1. The van der Waals surface area contributed by atoms with Crippen LogP contribution in [0.4, 0.5) is 13.2 Å². The minimum absolute atomic E-state index is 0.0940. The van der Waals surface area contributed by atoms with Gasteiger partial charge in [-0.05, 0) is 25.3 Å². The topological polar surface area (TPSA) is 69.6 Å². The molecule has 0 saturated heterocycles. The fourth-order valence-electron chi connectivity index (χ4n) is 2.19. The summed E-state index contributed by atoms with van der Waals surface area (Å²) >= 11 is 0. The number of rotatable bonds is 5. The Morgan fingerprint density at radius 2 is 2.00 bits per heavy atom. The molecule has 0 aliphatic heterocycles. The van der Waals surface area contributed by atoms with E-state index in [1.165, 1.54) is 18.2 Å². The van der Waals surface area contributed by atoms with Crippen LogP contribution in [0.3, 0.4) is 0 Å². The summed E-state index contributed by atoms with van der Waals surface area (Å²) in [7, 11) is 0. The first-order valence-corrected chi connectivity index (χ1v) is 6.59. The van der Waals surface area contributed by atoms with Crippen LogP contribution in [-0.4, -0.2) is 34.2 Å². The van der Waals surface area contributed by atoms with E-state index in [2.05, 4.69) is 0 Å². The maximum atomic E-state index is 13.8. The van der Waals surface area contributed by atoms with Gasteiger partial charge in [0.2, 0.25) is 0 Å². The Bertz CT molecular complexity index is 532. The summed E-state index contributed by atoms with van der Waals surface area (Å²) in [4.78, 5) is 11.5. The van der Waals surface area contributed by atoms with Crippen LogP contribution in [0.2, 0.25) is 0 Å². The van der Waals surface area contributed by atoms with Crippen LogP contribution in [0.1, 0.15) is 30.9 Å². The van der Waals surface area contributed by atoms with Gasteiger partial charge in [0.05, 0.1) is 6.10 Å². The minimum atomic E-state index is -3.93. The summed E-state index contributed by atoms with van der Waals surface area (Å²) in [5.41, 5.74) is -2.41. The number of amides is 1. The standard InChI is InChI=1S/C14H16F3NO3/c15-10-5-2-1-4-9(10)11(19)8-18-12(20)14(16,17)13(21)6-3-7-13/h1-2,4-5,11,19,21H,3,6-8H2,(H,18,20). The number of alkyl halides is 2. The molecule has 1 aliphatic carbocycles. The number of halogens is 3. The molecule has 3 N–H and O–H groups in total. The summed E-state index contributed by atoms with van der Waals surface area (Å²) in [6, 6.07) is 5.31. The van der Waals surface area contributed by atoms with E-state index in [9.17, 15) is 28.2 Å². The average Bonchev–Trinajstić information content (AvgIpc) is 2.41. The molecule has 2 rings (SSSR count). The molecule has 21 heavy (non-hydrogen) atoms. The molecule has 116 valence electrons. The third kappa shape index (κ3) is 2.89. The van der Waals surface area contributed by atoms with Crippen molar-refractivity contribution in [2.24, 2.45) is 0 Å². The number of hydrogen-bond acceptors (Lipinski definition) is 3. The van der Waals surface area contributed by atoms with Crippen molar-refractivity contribution in [3.63, 3.8) is 0 Å². The van der Waals surface area contributed by atoms with Crippen LogP contribution in [0.25, 0.3) is 0 Å². The molecular formula is C14H16F3NO3. The number of carbonyl (C=O) groups is 1. The lowest BCUT2D eigenvalue weighted by atomic mass is 9.75. The molecule has 0 spiro atoms. The van der Waals surface area contributed by atoms with Crippen molar-refractivity contribution in [3.05, 3.63) is 35.6 Å². The lowest BCUT2D eigenvalue weighted by Crippen LogP contribution is -2.60. The molecule has 1 aromatic rings. The fourth-order valence-corrected chi connectivity index (χ4v) is 2.19. The highest BCUT2D eigenvalue weighted by Crippen LogP contribution is 2.44. The van der Waals surface area contributed by atoms with E-state index in [0.717, 1.165) is 6.07 Å². The number of carbonyl (C=O) groups excluding carboxylic acids is 1. The zero-order chi connectivity index (χ0) is 15.7. The largest absolute Gasteiger partial charge is 0.386 e. The second-order valence-corrected chi connectivity index (χ2v) is 5.21. The molecule has 1 unspecified atom stereocenters. The zero-order valence-electron chi connectivity index (χ0n) is 11.2. The van der Waals surface area contributed by atoms with E-state index in [0.29, 0.717) is 6.42 Å². The number of benzene rings is 1. The van der Waals surface area contributed by atoms with Gasteiger partial charge in [0.15, 0.2) is 0 Å². The van der Waals surface area contributed by atoms with Crippen LogP contribution in [0.15, 0.2) is 24.3 Å². The Kier molecular flexibility index (Phi) is 4.25. The monoisotopic (exact) mass is 303 g/mol. The Balaban J connectivity index is 1.96. The summed E-state index contributed by atoms with van der Waals surface area (Å²) in [5, 5.41) is 21.2. The molecule has 1 saturated carbocycles. The lowest BCUT2D eigenvalue weighted by Gasteiger charge is -2.41. The first-order chi connectivity index (χ1) is 9.78. The van der Waals surface area contributed by atoms with Gasteiger partial charge in [0.1, 0.15) is 11.4 Å². The van der Waals surface area contributed by atoms with E-state index in [1.807, 2.05) is 5.32 Å². The first kappa shape index (κ1) is 15.8. The van der Waals surface area contributed by atoms with Crippen LogP contribution in [0.5, 0.6) is 0 Å². The fraction of sp³-hybridized carbons (Fsp3) is 0.500. The van der Waals surface area contributed by atoms with Gasteiger partial charge in [-0.15, -0.1) is 0 Å². The highest BCUT2D eigenvalue weighted by atomic mass is 19.3. The molecule has 0 heterocycles. The van der Waals surface area contributed by atoms with Crippen LogP contribution >= 0.6 is 0 Å². The maximum absolute atomic E-state index is 13.8. The molecule has 1 amide bonds. The average molecular weight is 303 g/mol. The van der Waals surface area contributed by atoms with E-state index in [1.54, 1.807) is 0 Å². The van der Waals surface area contributed by atoms with E-state index in [-0.39, 0.29) is 18.4 Å². The highest BCUT2D eigenvalue weighted by molar-refractivity contribution is 5.85. The quantitative estimate of drug-likeness (QED) is 0.772. The minimum Gasteiger partial charge on any atom is -0.386 e. The molecule has 0 aromatic heterocycles. The molecule has 0 radical (unpaired) electrons. The summed E-state index contributed by atoms with van der Waals surface area (Å²) < 4.78 is 40.9. The van der Waals surface area contributed by atoms with Gasteiger partial charge in [0.25, 0.3) is 5.91 Å². The first-order valence-electron chi connectivity index (χ1n) is 6.59. The second kappa shape index (κ2) is 5.65. The van der Waals surface area contributed by atoms with Gasteiger partial charge in [-0.1, -0.05) is 18.2 Å². The summed E-state index contributed by atoms with van der Waals surface area (Å²) in [5.74, 6) is -6.29. The Morgan fingerprint density at radius 1 is 1.38 bits per heavy atom. The van der Waals surface area contributed by atoms with Crippen molar-refractivity contribution >= 4 is 5.91 Å². The Hall–Kier alpha value is -1.60. The maximum Gasteiger partial charge on any atom is 0.352 e. The van der Waals surface area contributed by atoms with Crippen molar-refractivity contribution in [1.82, 2.24) is 5.32 Å². The van der Waals surface area contributed by atoms with Gasteiger partial charge in [-0.3, -0.25) is 4.79 Å². The van der Waals surface area contributed by atoms with Crippen molar-refractivity contribution in [2.45, 2.75) is 36.9 Å². The molecule has 4 nitrogen and oxygen atoms in total. The summed E-state index contributed by atoms with van der Waals surface area (Å²) in [6.45, 7) is -0.564. The molecule has 1 aliphatic rings. The summed E-state index contributed by atoms with van der Waals surface area (Å²) in [6.07, 6.45) is -1.31. The molecule has 1 atom stereocenters. The van der Waals surface area contributed by atoms with Crippen molar-refractivity contribution in [3.8, 4) is 0 Å². The number of aliphatic hydroxyl groups is 2. The zero-order valence-corrected chi connectivity index (χ0v) is 11.2. The normalized spacial score (nSPS) is 18.7. The van der Waals surface area contributed by atoms with E-state index < -0.39 is 35.9 Å². The van der Waals surface area contributed by atoms with E-state index >= 15 is 0 Å². The molecule has 7 heteroatoms. The molecule has 1 fully saturated rings. The molecule has 1 aromatic carbocycles. The van der Waals surface area contributed by atoms with Crippen molar-refractivity contribution < 1.29 is 28.2 Å². The van der Waals surface area contributed by atoms with E-state index in [4.69, 9.17) is 0 Å². The van der Waals surface area contributed by atoms with Gasteiger partial charge >= 0.3 is 5.92 Å². The van der Waals surface area contributed by atoms with Gasteiger partial charge < -0.3 is 15.5 Å². The highest BCUT2D eigenvalue weighted by Gasteiger charge is 2.61. The Morgan fingerprint density at radius 3 is 2.52 bits per heavy atom. The predicted octanol–water partition coefficient (Wildman–Crippen LogP) is 1.53. The van der Waals surface area contributed by atoms with Gasteiger partial charge in [-0.2, -0.15) is 8.78 Å². The van der Waals surface area contributed by atoms with Gasteiger partial charge in [0, 0.05) is 12.1 Å².